The summed E-state index contributed by atoms with van der Waals surface area (Å²) in [7, 11) is 0. The number of fused-ring (bicyclic) bond motifs is 1. The SMILES string of the molecule is C\C=C/C(=C\C(=C\CC)C(F)(F)F)c1cc2n(n1)CCCCC2Nc1ncccc1C(C)C. The van der Waals surface area contributed by atoms with E-state index in [2.05, 4.69) is 30.2 Å². The molecular weight excluding hydrogens is 425 g/mol. The average molecular weight is 459 g/mol. The average Bonchev–Trinajstić information content (AvgIpc) is 3.10. The van der Waals surface area contributed by atoms with Crippen molar-refractivity contribution in [3.05, 3.63) is 71.2 Å². The molecule has 1 unspecified atom stereocenters. The van der Waals surface area contributed by atoms with Gasteiger partial charge in [0.25, 0.3) is 0 Å². The van der Waals surface area contributed by atoms with Crippen LogP contribution in [0.25, 0.3) is 5.57 Å². The number of aryl methyl sites for hydroxylation is 1. The van der Waals surface area contributed by atoms with Crippen LogP contribution < -0.4 is 5.32 Å². The zero-order chi connectivity index (χ0) is 24.0. The highest BCUT2D eigenvalue weighted by molar-refractivity contribution is 5.74. The second kappa shape index (κ2) is 10.9. The molecule has 0 saturated heterocycles. The summed E-state index contributed by atoms with van der Waals surface area (Å²) in [6.45, 7) is 8.51. The summed E-state index contributed by atoms with van der Waals surface area (Å²) >= 11 is 0. The number of aromatic nitrogens is 3. The third kappa shape index (κ3) is 6.15. The Kier molecular flexibility index (Phi) is 8.16. The van der Waals surface area contributed by atoms with Crippen molar-refractivity contribution in [3.63, 3.8) is 0 Å². The fourth-order valence-corrected chi connectivity index (χ4v) is 4.14. The van der Waals surface area contributed by atoms with Gasteiger partial charge in [-0.25, -0.2) is 4.98 Å². The fourth-order valence-electron chi connectivity index (χ4n) is 4.14. The molecule has 2 aromatic heterocycles. The zero-order valence-electron chi connectivity index (χ0n) is 19.8. The molecule has 0 bridgehead atoms. The van der Waals surface area contributed by atoms with Gasteiger partial charge in [-0.15, -0.1) is 0 Å². The smallest absolute Gasteiger partial charge is 0.361 e. The summed E-state index contributed by atoms with van der Waals surface area (Å²) in [5, 5.41) is 8.31. The summed E-state index contributed by atoms with van der Waals surface area (Å²) in [6.07, 6.45) is 6.44. The molecule has 0 radical (unpaired) electrons. The Labute approximate surface area is 194 Å². The van der Waals surface area contributed by atoms with Gasteiger partial charge < -0.3 is 5.32 Å². The second-order valence-electron chi connectivity index (χ2n) is 8.63. The van der Waals surface area contributed by atoms with Gasteiger partial charge in [0.05, 0.1) is 23.0 Å². The van der Waals surface area contributed by atoms with Gasteiger partial charge in [0.15, 0.2) is 0 Å². The molecule has 4 nitrogen and oxygen atoms in total. The summed E-state index contributed by atoms with van der Waals surface area (Å²) in [6, 6.07) is 5.92. The Balaban J connectivity index is 2.01. The predicted molar refractivity (Wildman–Crippen MR) is 128 cm³/mol. The molecular formula is C26H33F3N4. The van der Waals surface area contributed by atoms with Crippen LogP contribution in [0.15, 0.2) is 54.3 Å². The summed E-state index contributed by atoms with van der Waals surface area (Å²) in [5.41, 5.74) is 2.47. The molecule has 1 aliphatic rings. The van der Waals surface area contributed by atoms with E-state index in [1.165, 1.54) is 12.2 Å². The van der Waals surface area contributed by atoms with E-state index in [0.29, 0.717) is 23.6 Å². The maximum absolute atomic E-state index is 13.5. The number of allylic oxidation sites excluding steroid dienone is 6. The molecule has 0 amide bonds. The van der Waals surface area contributed by atoms with Crippen molar-refractivity contribution in [2.45, 2.75) is 78.1 Å². The van der Waals surface area contributed by atoms with Gasteiger partial charge in [-0.05, 0) is 62.3 Å². The molecule has 3 heterocycles. The van der Waals surface area contributed by atoms with Crippen molar-refractivity contribution >= 4 is 11.4 Å². The van der Waals surface area contributed by atoms with Crippen LogP contribution in [-0.4, -0.2) is 20.9 Å². The lowest BCUT2D eigenvalue weighted by Crippen LogP contribution is -2.16. The predicted octanol–water partition coefficient (Wildman–Crippen LogP) is 7.60. The fraction of sp³-hybridized carbons (Fsp3) is 0.462. The van der Waals surface area contributed by atoms with Gasteiger partial charge in [0.1, 0.15) is 5.82 Å². The molecule has 178 valence electrons. The number of halogens is 3. The maximum Gasteiger partial charge on any atom is 0.416 e. The van der Waals surface area contributed by atoms with Gasteiger partial charge in [-0.2, -0.15) is 18.3 Å². The number of alkyl halides is 3. The summed E-state index contributed by atoms with van der Waals surface area (Å²) < 4.78 is 42.5. The quantitative estimate of drug-likeness (QED) is 0.435. The highest BCUT2D eigenvalue weighted by Crippen LogP contribution is 2.34. The Morgan fingerprint density at radius 1 is 1.30 bits per heavy atom. The minimum atomic E-state index is -4.41. The van der Waals surface area contributed by atoms with Crippen molar-refractivity contribution in [2.24, 2.45) is 0 Å². The van der Waals surface area contributed by atoms with Crippen LogP contribution in [0, 0.1) is 0 Å². The lowest BCUT2D eigenvalue weighted by Gasteiger charge is -2.21. The monoisotopic (exact) mass is 458 g/mol. The van der Waals surface area contributed by atoms with Crippen molar-refractivity contribution in [2.75, 3.05) is 5.32 Å². The number of nitrogens with one attached hydrogen (secondary N) is 1. The largest absolute Gasteiger partial charge is 0.416 e. The number of hydrogen-bond acceptors (Lipinski definition) is 3. The van der Waals surface area contributed by atoms with Gasteiger partial charge >= 0.3 is 6.18 Å². The minimum Gasteiger partial charge on any atom is -0.361 e. The van der Waals surface area contributed by atoms with Crippen LogP contribution in [-0.2, 0) is 6.54 Å². The maximum atomic E-state index is 13.5. The van der Waals surface area contributed by atoms with E-state index in [1.807, 2.05) is 16.8 Å². The normalized spacial score (nSPS) is 18.0. The van der Waals surface area contributed by atoms with Gasteiger partial charge in [-0.1, -0.05) is 45.1 Å². The highest BCUT2D eigenvalue weighted by atomic mass is 19.4. The lowest BCUT2D eigenvalue weighted by molar-refractivity contribution is -0.0883. The first kappa shape index (κ1) is 24.8. The molecule has 7 heteroatoms. The van der Waals surface area contributed by atoms with Crippen molar-refractivity contribution < 1.29 is 13.2 Å². The van der Waals surface area contributed by atoms with E-state index in [9.17, 15) is 13.2 Å². The van der Waals surface area contributed by atoms with Crippen LogP contribution in [0.5, 0.6) is 0 Å². The Morgan fingerprint density at radius 3 is 2.76 bits per heavy atom. The summed E-state index contributed by atoms with van der Waals surface area (Å²) in [4.78, 5) is 4.56. The first-order valence-electron chi connectivity index (χ1n) is 11.7. The first-order valence-corrected chi connectivity index (χ1v) is 11.7. The Morgan fingerprint density at radius 2 is 2.09 bits per heavy atom. The molecule has 3 rings (SSSR count). The third-order valence-corrected chi connectivity index (χ3v) is 5.76. The standard InChI is InChI=1S/C26H33F3N4/c1-5-10-19(16-20(11-6-2)26(27,28)29)23-17-24-22(13-7-8-15-33(24)32-23)31-25-21(18(3)4)12-9-14-30-25/h5,9-12,14,16-18,22H,6-8,13,15H2,1-4H3,(H,30,31)/b10-5-,19-16+,20-11-. The zero-order valence-corrected chi connectivity index (χ0v) is 19.8. The van der Waals surface area contributed by atoms with E-state index < -0.39 is 11.7 Å². The van der Waals surface area contributed by atoms with E-state index in [0.717, 1.165) is 42.9 Å². The van der Waals surface area contributed by atoms with E-state index >= 15 is 0 Å². The molecule has 1 aliphatic heterocycles. The second-order valence-corrected chi connectivity index (χ2v) is 8.63. The number of pyridine rings is 1. The van der Waals surface area contributed by atoms with E-state index in [1.54, 1.807) is 32.2 Å². The number of rotatable bonds is 7. The van der Waals surface area contributed by atoms with Crippen LogP contribution in [0.3, 0.4) is 0 Å². The lowest BCUT2D eigenvalue weighted by atomic mass is 10.0. The van der Waals surface area contributed by atoms with Crippen molar-refractivity contribution in [1.82, 2.24) is 14.8 Å². The molecule has 2 aromatic rings. The third-order valence-electron chi connectivity index (χ3n) is 5.76. The van der Waals surface area contributed by atoms with Crippen LogP contribution in [0.2, 0.25) is 0 Å². The number of anilines is 1. The van der Waals surface area contributed by atoms with E-state index in [4.69, 9.17) is 5.10 Å². The van der Waals surface area contributed by atoms with Crippen molar-refractivity contribution in [3.8, 4) is 0 Å². The molecule has 1 N–H and O–H groups in total. The first-order chi connectivity index (χ1) is 15.7. The molecule has 0 aliphatic carbocycles. The number of nitrogens with zero attached hydrogens (tertiary/aromatic N) is 3. The Hall–Kier alpha value is -2.83. The molecule has 0 saturated carbocycles. The molecule has 33 heavy (non-hydrogen) atoms. The summed E-state index contributed by atoms with van der Waals surface area (Å²) in [5.74, 6) is 1.17. The highest BCUT2D eigenvalue weighted by Gasteiger charge is 2.32. The molecule has 0 spiro atoms. The van der Waals surface area contributed by atoms with Crippen molar-refractivity contribution in [1.29, 1.82) is 0 Å². The minimum absolute atomic E-state index is 0.0127. The van der Waals surface area contributed by atoms with E-state index in [-0.39, 0.29) is 6.04 Å². The Bertz CT molecular complexity index is 1030. The van der Waals surface area contributed by atoms with Crippen LogP contribution in [0.4, 0.5) is 19.0 Å². The molecule has 1 atom stereocenters. The molecule has 0 fully saturated rings. The van der Waals surface area contributed by atoms with Crippen LogP contribution in [0.1, 0.15) is 82.3 Å². The number of hydrogen-bond donors (Lipinski definition) is 1. The van der Waals surface area contributed by atoms with Gasteiger partial charge in [-0.3, -0.25) is 4.68 Å². The topological polar surface area (TPSA) is 42.7 Å². The van der Waals surface area contributed by atoms with Gasteiger partial charge in [0, 0.05) is 18.3 Å². The van der Waals surface area contributed by atoms with Gasteiger partial charge in [0.2, 0.25) is 0 Å². The molecule has 0 aromatic carbocycles. The van der Waals surface area contributed by atoms with Crippen LogP contribution >= 0.6 is 0 Å².